The topological polar surface area (TPSA) is 77.4 Å². The molecule has 0 aromatic carbocycles. The van der Waals surface area contributed by atoms with Crippen LogP contribution in [0.1, 0.15) is 32.6 Å². The highest BCUT2D eigenvalue weighted by Crippen LogP contribution is 2.29. The van der Waals surface area contributed by atoms with Gasteiger partial charge in [-0.25, -0.2) is 0 Å². The van der Waals surface area contributed by atoms with Crippen LogP contribution in [-0.4, -0.2) is 60.9 Å². The zero-order valence-electron chi connectivity index (χ0n) is 11.5. The molecule has 6 nitrogen and oxygen atoms in total. The number of hydrogen-bond acceptors (Lipinski definition) is 6. The number of methoxy groups -OCH3 is 1. The van der Waals surface area contributed by atoms with E-state index in [-0.39, 0.29) is 6.29 Å². The molecule has 0 spiro atoms. The van der Waals surface area contributed by atoms with E-state index in [4.69, 9.17) is 18.9 Å². The lowest BCUT2D eigenvalue weighted by molar-refractivity contribution is -0.356. The summed E-state index contributed by atoms with van der Waals surface area (Å²) < 4.78 is 21.8. The van der Waals surface area contributed by atoms with Gasteiger partial charge in [0.2, 0.25) is 0 Å². The minimum atomic E-state index is -1.10. The maximum Gasteiger partial charge on any atom is 0.186 e. The van der Waals surface area contributed by atoms with Crippen molar-refractivity contribution in [3.05, 3.63) is 0 Å². The Morgan fingerprint density at radius 1 is 1.16 bits per heavy atom. The number of hydrogen-bond donors (Lipinski definition) is 2. The monoisotopic (exact) mass is 276 g/mol. The fourth-order valence-corrected chi connectivity index (χ4v) is 2.53. The third-order valence-electron chi connectivity index (χ3n) is 3.67. The third-order valence-corrected chi connectivity index (χ3v) is 3.67. The molecule has 0 aromatic rings. The summed E-state index contributed by atoms with van der Waals surface area (Å²) in [6, 6.07) is 0. The van der Waals surface area contributed by atoms with Gasteiger partial charge in [0.25, 0.3) is 0 Å². The number of rotatable bonds is 5. The molecule has 0 bridgehead atoms. The maximum atomic E-state index is 10.1. The molecule has 2 rings (SSSR count). The van der Waals surface area contributed by atoms with Gasteiger partial charge in [0.05, 0.1) is 6.61 Å². The number of unbranched alkanes of at least 4 members (excludes halogenated alkanes) is 2. The van der Waals surface area contributed by atoms with E-state index < -0.39 is 30.7 Å². The zero-order valence-corrected chi connectivity index (χ0v) is 11.5. The van der Waals surface area contributed by atoms with Crippen LogP contribution in [0.3, 0.4) is 0 Å². The lowest BCUT2D eigenvalue weighted by atomic mass is 9.98. The summed E-state index contributed by atoms with van der Waals surface area (Å²) in [4.78, 5) is 0. The van der Waals surface area contributed by atoms with Gasteiger partial charge in [-0.3, -0.25) is 0 Å². The summed E-state index contributed by atoms with van der Waals surface area (Å²) in [6.45, 7) is 2.49. The maximum absolute atomic E-state index is 10.1. The van der Waals surface area contributed by atoms with Gasteiger partial charge in [-0.05, 0) is 12.8 Å². The van der Waals surface area contributed by atoms with Crippen LogP contribution < -0.4 is 0 Å². The van der Waals surface area contributed by atoms with Crippen LogP contribution in [0, 0.1) is 0 Å². The van der Waals surface area contributed by atoms with E-state index in [0.29, 0.717) is 6.61 Å². The van der Waals surface area contributed by atoms with Gasteiger partial charge in [0.1, 0.15) is 24.4 Å². The van der Waals surface area contributed by atoms with Crippen molar-refractivity contribution >= 4 is 0 Å². The predicted molar refractivity (Wildman–Crippen MR) is 66.4 cm³/mol. The number of fused-ring (bicyclic) bond motifs is 1. The van der Waals surface area contributed by atoms with Crippen LogP contribution in [0.2, 0.25) is 0 Å². The van der Waals surface area contributed by atoms with E-state index in [1.54, 1.807) is 0 Å². The Kier molecular flexibility index (Phi) is 5.56. The Hall–Kier alpha value is -0.240. The van der Waals surface area contributed by atoms with E-state index >= 15 is 0 Å². The summed E-state index contributed by atoms with van der Waals surface area (Å²) in [5.41, 5.74) is 0. The van der Waals surface area contributed by atoms with Crippen LogP contribution in [0.5, 0.6) is 0 Å². The van der Waals surface area contributed by atoms with Gasteiger partial charge in [-0.15, -0.1) is 0 Å². The smallest absolute Gasteiger partial charge is 0.186 e. The summed E-state index contributed by atoms with van der Waals surface area (Å²) >= 11 is 0. The van der Waals surface area contributed by atoms with Crippen molar-refractivity contribution in [3.63, 3.8) is 0 Å². The van der Waals surface area contributed by atoms with Gasteiger partial charge in [0.15, 0.2) is 12.6 Å². The number of ether oxygens (including phenoxy) is 4. The third kappa shape index (κ3) is 3.45. The Balaban J connectivity index is 1.88. The average molecular weight is 276 g/mol. The molecule has 2 saturated heterocycles. The van der Waals surface area contributed by atoms with Crippen LogP contribution >= 0.6 is 0 Å². The van der Waals surface area contributed by atoms with Crippen LogP contribution in [0.15, 0.2) is 0 Å². The molecule has 2 fully saturated rings. The van der Waals surface area contributed by atoms with Crippen molar-refractivity contribution in [1.29, 1.82) is 0 Å². The lowest BCUT2D eigenvalue weighted by Gasteiger charge is -2.45. The number of aliphatic hydroxyl groups is 2. The Morgan fingerprint density at radius 3 is 2.63 bits per heavy atom. The van der Waals surface area contributed by atoms with Gasteiger partial charge in [-0.2, -0.15) is 0 Å². The first-order valence-electron chi connectivity index (χ1n) is 6.98. The fraction of sp³-hybridized carbons (Fsp3) is 1.00. The van der Waals surface area contributed by atoms with Crippen LogP contribution in [-0.2, 0) is 18.9 Å². The average Bonchev–Trinajstić information content (AvgIpc) is 2.43. The van der Waals surface area contributed by atoms with Crippen molar-refractivity contribution in [3.8, 4) is 0 Å². The SMILES string of the molecule is CCCCCC1OCC2O[C@H](OC)C(O)C(O)[C@@H]2O1. The predicted octanol–water partition coefficient (Wildman–Crippen LogP) is 0.401. The van der Waals surface area contributed by atoms with Crippen LogP contribution in [0.25, 0.3) is 0 Å². The Morgan fingerprint density at radius 2 is 1.95 bits per heavy atom. The highest BCUT2D eigenvalue weighted by atomic mass is 16.7. The van der Waals surface area contributed by atoms with E-state index in [1.165, 1.54) is 7.11 Å². The molecule has 6 heteroatoms. The minimum absolute atomic E-state index is 0.322. The highest BCUT2D eigenvalue weighted by Gasteiger charge is 2.48. The molecular weight excluding hydrogens is 252 g/mol. The molecule has 4 unspecified atom stereocenters. The quantitative estimate of drug-likeness (QED) is 0.708. The summed E-state index contributed by atoms with van der Waals surface area (Å²) in [7, 11) is 1.43. The second kappa shape index (κ2) is 6.97. The standard InChI is InChI=1S/C13H24O6/c1-3-4-5-6-9-17-7-8-12(19-9)10(14)11(15)13(16-2)18-8/h8-15H,3-7H2,1-2H3/t8?,9?,10?,11?,12-,13+/m1/s1. The first kappa shape index (κ1) is 15.2. The van der Waals surface area contributed by atoms with Crippen molar-refractivity contribution in [2.45, 2.75) is 69.6 Å². The van der Waals surface area contributed by atoms with Gasteiger partial charge >= 0.3 is 0 Å². The first-order valence-corrected chi connectivity index (χ1v) is 6.98. The largest absolute Gasteiger partial charge is 0.387 e. The fourth-order valence-electron chi connectivity index (χ4n) is 2.53. The molecule has 2 N–H and O–H groups in total. The molecule has 0 saturated carbocycles. The van der Waals surface area contributed by atoms with E-state index in [0.717, 1.165) is 25.7 Å². The van der Waals surface area contributed by atoms with Crippen molar-refractivity contribution in [2.75, 3.05) is 13.7 Å². The molecule has 112 valence electrons. The van der Waals surface area contributed by atoms with Crippen molar-refractivity contribution < 1.29 is 29.2 Å². The minimum Gasteiger partial charge on any atom is -0.387 e. The highest BCUT2D eigenvalue weighted by molar-refractivity contribution is 4.92. The lowest BCUT2D eigenvalue weighted by Crippen LogP contribution is -2.63. The van der Waals surface area contributed by atoms with Crippen molar-refractivity contribution in [2.24, 2.45) is 0 Å². The zero-order chi connectivity index (χ0) is 13.8. The van der Waals surface area contributed by atoms with Gasteiger partial charge < -0.3 is 29.2 Å². The molecule has 0 aromatic heterocycles. The molecule has 19 heavy (non-hydrogen) atoms. The van der Waals surface area contributed by atoms with Crippen LogP contribution in [0.4, 0.5) is 0 Å². The summed E-state index contributed by atoms with van der Waals surface area (Å²) in [5, 5.41) is 19.9. The molecule has 2 aliphatic heterocycles. The molecule has 6 atom stereocenters. The molecular formula is C13H24O6. The second-order valence-electron chi connectivity index (χ2n) is 5.12. The second-order valence-corrected chi connectivity index (χ2v) is 5.12. The van der Waals surface area contributed by atoms with E-state index in [1.807, 2.05) is 0 Å². The normalized spacial score (nSPS) is 42.9. The number of aliphatic hydroxyl groups excluding tert-OH is 2. The summed E-state index contributed by atoms with van der Waals surface area (Å²) in [5.74, 6) is 0. The van der Waals surface area contributed by atoms with E-state index in [9.17, 15) is 10.2 Å². The van der Waals surface area contributed by atoms with Gasteiger partial charge in [-0.1, -0.05) is 19.8 Å². The first-order chi connectivity index (χ1) is 9.17. The molecule has 0 aliphatic carbocycles. The Bertz CT molecular complexity index is 272. The molecule has 2 aliphatic rings. The van der Waals surface area contributed by atoms with Crippen molar-refractivity contribution in [1.82, 2.24) is 0 Å². The molecule has 2 heterocycles. The summed E-state index contributed by atoms with van der Waals surface area (Å²) in [6.07, 6.45) is -0.123. The molecule has 0 amide bonds. The van der Waals surface area contributed by atoms with E-state index in [2.05, 4.69) is 6.92 Å². The Labute approximate surface area is 113 Å². The molecule has 0 radical (unpaired) electrons. The van der Waals surface area contributed by atoms with Gasteiger partial charge in [0, 0.05) is 7.11 Å².